The van der Waals surface area contributed by atoms with Crippen molar-refractivity contribution >= 4 is 16.9 Å². The minimum Gasteiger partial charge on any atom is -0.361 e. The first kappa shape index (κ1) is 15.7. The number of carbonyl (C=O) groups excluding carboxylic acids is 1. The number of nitrogens with zero attached hydrogens (tertiary/aromatic N) is 2. The fourth-order valence-corrected chi connectivity index (χ4v) is 2.50. The van der Waals surface area contributed by atoms with Gasteiger partial charge in [-0.25, -0.2) is 0 Å². The summed E-state index contributed by atoms with van der Waals surface area (Å²) >= 11 is 0. The van der Waals surface area contributed by atoms with Crippen LogP contribution in [0.5, 0.6) is 0 Å². The highest BCUT2D eigenvalue weighted by molar-refractivity contribution is 5.97. The third-order valence-electron chi connectivity index (χ3n) is 3.89. The van der Waals surface area contributed by atoms with Gasteiger partial charge in [-0.15, -0.1) is 0 Å². The number of hydrogen-bond donors (Lipinski definition) is 2. The molecule has 0 unspecified atom stereocenters. The molecular formula is C16H16N4O4. The Morgan fingerprint density at radius 3 is 2.46 bits per heavy atom. The molecule has 0 bridgehead atoms. The van der Waals surface area contributed by atoms with Crippen LogP contribution in [0.3, 0.4) is 0 Å². The van der Waals surface area contributed by atoms with Crippen LogP contribution in [0.2, 0.25) is 0 Å². The molecule has 0 saturated heterocycles. The van der Waals surface area contributed by atoms with Crippen molar-refractivity contribution in [2.45, 2.75) is 20.4 Å². The Balaban J connectivity index is 1.91. The number of hydrogen-bond acceptors (Lipinski definition) is 5. The Kier molecular flexibility index (Phi) is 3.80. The SMILES string of the molecule is Cc1noc(C)c1CN(C)C(=O)c1ccc2[nH]c(=O)c(=O)[nH]c2c1. The Morgan fingerprint density at radius 1 is 1.17 bits per heavy atom. The maximum absolute atomic E-state index is 12.6. The Bertz CT molecular complexity index is 1020. The molecule has 2 heterocycles. The number of nitrogens with one attached hydrogen (secondary N) is 2. The van der Waals surface area contributed by atoms with Crippen LogP contribution >= 0.6 is 0 Å². The summed E-state index contributed by atoms with van der Waals surface area (Å²) in [5, 5.41) is 3.87. The van der Waals surface area contributed by atoms with Gasteiger partial charge in [0.05, 0.1) is 23.3 Å². The summed E-state index contributed by atoms with van der Waals surface area (Å²) < 4.78 is 5.10. The van der Waals surface area contributed by atoms with Gasteiger partial charge in [0.1, 0.15) is 5.76 Å². The van der Waals surface area contributed by atoms with Gasteiger partial charge in [0.25, 0.3) is 5.91 Å². The monoisotopic (exact) mass is 328 g/mol. The van der Waals surface area contributed by atoms with Gasteiger partial charge in [0, 0.05) is 18.2 Å². The van der Waals surface area contributed by atoms with E-state index in [0.717, 1.165) is 11.3 Å². The predicted molar refractivity (Wildman–Crippen MR) is 87.0 cm³/mol. The molecule has 3 rings (SSSR count). The number of carbonyl (C=O) groups is 1. The van der Waals surface area contributed by atoms with Crippen LogP contribution in [0.15, 0.2) is 32.3 Å². The van der Waals surface area contributed by atoms with Crippen molar-refractivity contribution in [2.75, 3.05) is 7.05 Å². The first-order chi connectivity index (χ1) is 11.4. The van der Waals surface area contributed by atoms with Crippen LogP contribution in [-0.2, 0) is 6.54 Å². The van der Waals surface area contributed by atoms with Gasteiger partial charge in [-0.05, 0) is 32.0 Å². The quantitative estimate of drug-likeness (QED) is 0.699. The molecule has 0 saturated carbocycles. The molecular weight excluding hydrogens is 312 g/mol. The second kappa shape index (κ2) is 5.80. The minimum atomic E-state index is -0.754. The maximum atomic E-state index is 12.6. The van der Waals surface area contributed by atoms with Crippen molar-refractivity contribution < 1.29 is 9.32 Å². The lowest BCUT2D eigenvalue weighted by molar-refractivity contribution is 0.0784. The molecule has 0 fully saturated rings. The number of rotatable bonds is 3. The summed E-state index contributed by atoms with van der Waals surface area (Å²) in [6.45, 7) is 3.98. The summed E-state index contributed by atoms with van der Waals surface area (Å²) in [6.07, 6.45) is 0. The average molecular weight is 328 g/mol. The van der Waals surface area contributed by atoms with Gasteiger partial charge in [0.2, 0.25) is 0 Å². The lowest BCUT2D eigenvalue weighted by atomic mass is 10.1. The average Bonchev–Trinajstić information content (AvgIpc) is 2.86. The number of benzene rings is 1. The molecule has 2 N–H and O–H groups in total. The van der Waals surface area contributed by atoms with E-state index in [-0.39, 0.29) is 5.91 Å². The second-order valence-electron chi connectivity index (χ2n) is 5.63. The van der Waals surface area contributed by atoms with Crippen LogP contribution in [0.1, 0.15) is 27.4 Å². The highest BCUT2D eigenvalue weighted by atomic mass is 16.5. The molecule has 0 aliphatic carbocycles. The number of aryl methyl sites for hydroxylation is 2. The molecule has 1 aromatic carbocycles. The Morgan fingerprint density at radius 2 is 1.83 bits per heavy atom. The number of amides is 1. The zero-order valence-electron chi connectivity index (χ0n) is 13.5. The minimum absolute atomic E-state index is 0.219. The second-order valence-corrected chi connectivity index (χ2v) is 5.63. The standard InChI is InChI=1S/C16H16N4O4/c1-8-11(9(2)24-19-8)7-20(3)16(23)10-4-5-12-13(6-10)18-15(22)14(21)17-12/h4-6H,7H2,1-3H3,(H,17,21)(H,18,22). The van der Waals surface area contributed by atoms with Crippen molar-refractivity contribution in [3.63, 3.8) is 0 Å². The normalized spacial score (nSPS) is 11.0. The zero-order valence-corrected chi connectivity index (χ0v) is 13.5. The van der Waals surface area contributed by atoms with Crippen molar-refractivity contribution in [3.8, 4) is 0 Å². The number of fused-ring (bicyclic) bond motifs is 1. The highest BCUT2D eigenvalue weighted by Gasteiger charge is 2.17. The van der Waals surface area contributed by atoms with Crippen LogP contribution in [0, 0.1) is 13.8 Å². The third kappa shape index (κ3) is 2.73. The number of aromatic nitrogens is 3. The molecule has 0 atom stereocenters. The fourth-order valence-electron chi connectivity index (χ4n) is 2.50. The van der Waals surface area contributed by atoms with E-state index < -0.39 is 11.1 Å². The van der Waals surface area contributed by atoms with Crippen LogP contribution in [-0.4, -0.2) is 33.0 Å². The summed E-state index contributed by atoms with van der Waals surface area (Å²) in [5.74, 6) is 0.455. The van der Waals surface area contributed by atoms with E-state index in [9.17, 15) is 14.4 Å². The van der Waals surface area contributed by atoms with E-state index >= 15 is 0 Å². The zero-order chi connectivity index (χ0) is 17.4. The molecule has 3 aromatic rings. The molecule has 0 aliphatic rings. The topological polar surface area (TPSA) is 112 Å². The lowest BCUT2D eigenvalue weighted by Crippen LogP contribution is -2.29. The molecule has 8 heteroatoms. The molecule has 0 aliphatic heterocycles. The van der Waals surface area contributed by atoms with E-state index in [0.29, 0.717) is 28.9 Å². The van der Waals surface area contributed by atoms with E-state index in [1.54, 1.807) is 32.2 Å². The van der Waals surface area contributed by atoms with Gasteiger partial charge in [-0.1, -0.05) is 5.16 Å². The molecule has 8 nitrogen and oxygen atoms in total. The highest BCUT2D eigenvalue weighted by Crippen LogP contribution is 2.17. The molecule has 124 valence electrons. The van der Waals surface area contributed by atoms with Gasteiger partial charge < -0.3 is 19.4 Å². The van der Waals surface area contributed by atoms with Crippen LogP contribution < -0.4 is 11.1 Å². The molecule has 1 amide bonds. The number of H-pyrrole nitrogens is 2. The van der Waals surface area contributed by atoms with E-state index in [1.807, 2.05) is 6.92 Å². The van der Waals surface area contributed by atoms with Crippen LogP contribution in [0.4, 0.5) is 0 Å². The maximum Gasteiger partial charge on any atom is 0.314 e. The lowest BCUT2D eigenvalue weighted by Gasteiger charge is -2.17. The predicted octanol–water partition coefficient (Wildman–Crippen LogP) is 1.09. The molecule has 0 radical (unpaired) electrons. The van der Waals surface area contributed by atoms with Crippen molar-refractivity contribution in [1.82, 2.24) is 20.0 Å². The molecule has 2 aromatic heterocycles. The first-order valence-electron chi connectivity index (χ1n) is 7.30. The summed E-state index contributed by atoms with van der Waals surface area (Å²) in [5.41, 5.74) is 1.39. The van der Waals surface area contributed by atoms with Gasteiger partial charge in [-0.2, -0.15) is 0 Å². The third-order valence-corrected chi connectivity index (χ3v) is 3.89. The Hall–Kier alpha value is -3.16. The van der Waals surface area contributed by atoms with Gasteiger partial charge in [-0.3, -0.25) is 14.4 Å². The van der Waals surface area contributed by atoms with Crippen molar-refractivity contribution in [3.05, 3.63) is 61.5 Å². The smallest absolute Gasteiger partial charge is 0.314 e. The van der Waals surface area contributed by atoms with Gasteiger partial charge in [0.15, 0.2) is 0 Å². The molecule has 24 heavy (non-hydrogen) atoms. The summed E-state index contributed by atoms with van der Waals surface area (Å²) in [4.78, 5) is 41.8. The van der Waals surface area contributed by atoms with Crippen LogP contribution in [0.25, 0.3) is 11.0 Å². The first-order valence-corrected chi connectivity index (χ1v) is 7.30. The number of aromatic amines is 2. The summed E-state index contributed by atoms with van der Waals surface area (Å²) in [6, 6.07) is 4.73. The van der Waals surface area contributed by atoms with Crippen molar-refractivity contribution in [1.29, 1.82) is 0 Å². The molecule has 0 spiro atoms. The van der Waals surface area contributed by atoms with Gasteiger partial charge >= 0.3 is 11.1 Å². The fraction of sp³-hybridized carbons (Fsp3) is 0.250. The van der Waals surface area contributed by atoms with E-state index in [4.69, 9.17) is 4.52 Å². The van der Waals surface area contributed by atoms with Crippen molar-refractivity contribution in [2.24, 2.45) is 0 Å². The van der Waals surface area contributed by atoms with E-state index in [2.05, 4.69) is 15.1 Å². The largest absolute Gasteiger partial charge is 0.361 e. The van der Waals surface area contributed by atoms with E-state index in [1.165, 1.54) is 4.90 Å². The Labute approximate surface area is 136 Å². The summed E-state index contributed by atoms with van der Waals surface area (Å²) in [7, 11) is 1.67.